The maximum Gasteiger partial charge on any atom is 0.196 e. The van der Waals surface area contributed by atoms with Crippen LogP contribution in [0.15, 0.2) is 0 Å². The summed E-state index contributed by atoms with van der Waals surface area (Å²) in [5.74, 6) is -0.632. The van der Waals surface area contributed by atoms with Crippen molar-refractivity contribution in [2.75, 3.05) is 0 Å². The Morgan fingerprint density at radius 2 is 1.67 bits per heavy atom. The van der Waals surface area contributed by atoms with Crippen molar-refractivity contribution in [3.8, 4) is 0 Å². The van der Waals surface area contributed by atoms with Crippen LogP contribution < -0.4 is 0 Å². The molecule has 1 atom stereocenters. The SMILES string of the molecule is CC1CC(C)(C)OOC(C)(C)O1. The van der Waals surface area contributed by atoms with Gasteiger partial charge in [0, 0.05) is 6.42 Å². The quantitative estimate of drug-likeness (QED) is 0.527. The molecule has 3 nitrogen and oxygen atoms in total. The average Bonchev–Trinajstić information content (AvgIpc) is 1.87. The fraction of sp³-hybridized carbons (Fsp3) is 1.00. The van der Waals surface area contributed by atoms with Gasteiger partial charge in [-0.05, 0) is 34.6 Å². The van der Waals surface area contributed by atoms with Gasteiger partial charge in [-0.15, -0.1) is 0 Å². The van der Waals surface area contributed by atoms with Crippen LogP contribution in [0.3, 0.4) is 0 Å². The van der Waals surface area contributed by atoms with Crippen LogP contribution in [-0.2, 0) is 14.5 Å². The van der Waals surface area contributed by atoms with Crippen LogP contribution in [0.1, 0.15) is 41.0 Å². The van der Waals surface area contributed by atoms with Crippen LogP contribution >= 0.6 is 0 Å². The highest BCUT2D eigenvalue weighted by Crippen LogP contribution is 2.29. The van der Waals surface area contributed by atoms with Gasteiger partial charge in [-0.1, -0.05) is 0 Å². The molecule has 1 fully saturated rings. The Bertz CT molecular complexity index is 145. The van der Waals surface area contributed by atoms with Crippen molar-refractivity contribution in [2.45, 2.75) is 58.5 Å². The number of hydrogen-bond donors (Lipinski definition) is 0. The summed E-state index contributed by atoms with van der Waals surface area (Å²) in [7, 11) is 0. The molecule has 0 amide bonds. The number of rotatable bonds is 0. The van der Waals surface area contributed by atoms with E-state index in [1.165, 1.54) is 0 Å². The highest BCUT2D eigenvalue weighted by Gasteiger charge is 2.35. The first-order valence-corrected chi connectivity index (χ1v) is 4.35. The summed E-state index contributed by atoms with van der Waals surface area (Å²) in [6, 6.07) is 0. The van der Waals surface area contributed by atoms with Crippen LogP contribution in [-0.4, -0.2) is 17.5 Å². The molecule has 1 rings (SSSR count). The average molecular weight is 174 g/mol. The molecule has 1 heterocycles. The van der Waals surface area contributed by atoms with E-state index >= 15 is 0 Å². The van der Waals surface area contributed by atoms with Gasteiger partial charge < -0.3 is 4.74 Å². The fourth-order valence-corrected chi connectivity index (χ4v) is 1.49. The second kappa shape index (κ2) is 2.98. The van der Waals surface area contributed by atoms with Crippen LogP contribution in [0.2, 0.25) is 0 Å². The molecule has 1 saturated heterocycles. The van der Waals surface area contributed by atoms with Crippen LogP contribution in [0.25, 0.3) is 0 Å². The highest BCUT2D eigenvalue weighted by atomic mass is 17.2. The van der Waals surface area contributed by atoms with E-state index in [1.54, 1.807) is 0 Å². The van der Waals surface area contributed by atoms with Gasteiger partial charge in [0.25, 0.3) is 0 Å². The lowest BCUT2D eigenvalue weighted by molar-refractivity contribution is -0.436. The third-order valence-corrected chi connectivity index (χ3v) is 1.73. The van der Waals surface area contributed by atoms with E-state index in [1.807, 2.05) is 34.6 Å². The molecule has 1 aliphatic rings. The van der Waals surface area contributed by atoms with Gasteiger partial charge >= 0.3 is 0 Å². The summed E-state index contributed by atoms with van der Waals surface area (Å²) in [6.07, 6.45) is 1.01. The van der Waals surface area contributed by atoms with Crippen molar-refractivity contribution in [2.24, 2.45) is 0 Å². The second-order valence-electron chi connectivity index (χ2n) is 4.46. The van der Waals surface area contributed by atoms with E-state index in [2.05, 4.69) is 0 Å². The smallest absolute Gasteiger partial charge is 0.196 e. The minimum atomic E-state index is -0.632. The van der Waals surface area contributed by atoms with Crippen molar-refractivity contribution in [1.82, 2.24) is 0 Å². The van der Waals surface area contributed by atoms with E-state index in [0.29, 0.717) is 0 Å². The molecule has 1 unspecified atom stereocenters. The van der Waals surface area contributed by atoms with E-state index < -0.39 is 5.79 Å². The Hall–Kier alpha value is -0.120. The van der Waals surface area contributed by atoms with Gasteiger partial charge in [0.1, 0.15) is 5.60 Å². The third kappa shape index (κ3) is 2.73. The van der Waals surface area contributed by atoms with Crippen LogP contribution in [0, 0.1) is 0 Å². The van der Waals surface area contributed by atoms with E-state index in [9.17, 15) is 0 Å². The normalized spacial score (nSPS) is 34.2. The first kappa shape index (κ1) is 9.96. The van der Waals surface area contributed by atoms with Gasteiger partial charge in [-0.2, -0.15) is 0 Å². The molecule has 3 heteroatoms. The van der Waals surface area contributed by atoms with Crippen LogP contribution in [0.5, 0.6) is 0 Å². The van der Waals surface area contributed by atoms with E-state index in [4.69, 9.17) is 14.5 Å². The van der Waals surface area contributed by atoms with Crippen LogP contribution in [0.4, 0.5) is 0 Å². The first-order valence-electron chi connectivity index (χ1n) is 4.35. The fourth-order valence-electron chi connectivity index (χ4n) is 1.49. The number of hydrogen-bond acceptors (Lipinski definition) is 3. The van der Waals surface area contributed by atoms with Gasteiger partial charge in [0.05, 0.1) is 6.10 Å². The predicted molar refractivity (Wildman–Crippen MR) is 45.5 cm³/mol. The third-order valence-electron chi connectivity index (χ3n) is 1.73. The molecule has 0 aliphatic carbocycles. The highest BCUT2D eigenvalue weighted by molar-refractivity contribution is 4.74. The van der Waals surface area contributed by atoms with Crippen molar-refractivity contribution in [1.29, 1.82) is 0 Å². The molecule has 72 valence electrons. The van der Waals surface area contributed by atoms with Crippen molar-refractivity contribution in [3.05, 3.63) is 0 Å². The Labute approximate surface area is 73.9 Å². The first-order chi connectivity index (χ1) is 5.31. The molecule has 0 aromatic heterocycles. The molecule has 0 spiro atoms. The minimum Gasteiger partial charge on any atom is -0.345 e. The lowest BCUT2D eigenvalue weighted by Gasteiger charge is -2.23. The summed E-state index contributed by atoms with van der Waals surface area (Å²) >= 11 is 0. The Morgan fingerprint density at radius 3 is 2.25 bits per heavy atom. The molecular formula is C9H18O3. The molecule has 1 aliphatic heterocycles. The summed E-state index contributed by atoms with van der Waals surface area (Å²) in [5, 5.41) is 0. The largest absolute Gasteiger partial charge is 0.345 e. The molecule has 0 aromatic carbocycles. The lowest BCUT2D eigenvalue weighted by Crippen LogP contribution is -2.29. The minimum absolute atomic E-state index is 0.164. The maximum atomic E-state index is 5.59. The number of ether oxygens (including phenoxy) is 1. The zero-order valence-electron chi connectivity index (χ0n) is 8.51. The molecule has 12 heavy (non-hydrogen) atoms. The molecule has 0 aromatic rings. The van der Waals surface area contributed by atoms with Gasteiger partial charge in [0.15, 0.2) is 5.79 Å². The maximum absolute atomic E-state index is 5.59. The molecular weight excluding hydrogens is 156 g/mol. The van der Waals surface area contributed by atoms with E-state index in [-0.39, 0.29) is 11.7 Å². The topological polar surface area (TPSA) is 27.7 Å². The van der Waals surface area contributed by atoms with Crippen molar-refractivity contribution in [3.63, 3.8) is 0 Å². The summed E-state index contributed by atoms with van der Waals surface area (Å²) in [6.45, 7) is 9.72. The Balaban J connectivity index is 2.66. The zero-order valence-corrected chi connectivity index (χ0v) is 8.51. The van der Waals surface area contributed by atoms with Crippen molar-refractivity contribution >= 4 is 0 Å². The monoisotopic (exact) mass is 174 g/mol. The molecule has 0 bridgehead atoms. The summed E-state index contributed by atoms with van der Waals surface area (Å²) in [5.41, 5.74) is -0.257. The molecule has 0 saturated carbocycles. The lowest BCUT2D eigenvalue weighted by atomic mass is 10.0. The second-order valence-corrected chi connectivity index (χ2v) is 4.46. The van der Waals surface area contributed by atoms with Gasteiger partial charge in [0.2, 0.25) is 0 Å². The molecule has 0 radical (unpaired) electrons. The van der Waals surface area contributed by atoms with Gasteiger partial charge in [-0.3, -0.25) is 0 Å². The summed E-state index contributed by atoms with van der Waals surface area (Å²) in [4.78, 5) is 10.4. The zero-order chi connectivity index (χ0) is 9.41. The van der Waals surface area contributed by atoms with Gasteiger partial charge in [-0.25, -0.2) is 9.78 Å². The molecule has 0 N–H and O–H groups in total. The summed E-state index contributed by atoms with van der Waals surface area (Å²) < 4.78 is 5.59. The van der Waals surface area contributed by atoms with E-state index in [0.717, 1.165) is 6.42 Å². The Kier molecular flexibility index (Phi) is 2.47. The Morgan fingerprint density at radius 1 is 1.08 bits per heavy atom. The predicted octanol–water partition coefficient (Wildman–Crippen LogP) is 2.26. The van der Waals surface area contributed by atoms with Crippen molar-refractivity contribution < 1.29 is 14.5 Å². The standard InChI is InChI=1S/C9H18O3/c1-7-6-8(2,3)11-12-9(4,5)10-7/h7H,6H2,1-5H3.